The molecule has 0 aliphatic carbocycles. The first-order valence-electron chi connectivity index (χ1n) is 8.08. The van der Waals surface area contributed by atoms with E-state index >= 15 is 0 Å². The molecule has 0 saturated carbocycles. The topological polar surface area (TPSA) is 68.9 Å². The average molecular weight is 327 g/mol. The van der Waals surface area contributed by atoms with Gasteiger partial charge in [0.2, 0.25) is 0 Å². The number of nitrogens with zero attached hydrogens (tertiary/aromatic N) is 1. The Kier molecular flexibility index (Phi) is 6.49. The van der Waals surface area contributed by atoms with Crippen LogP contribution >= 0.6 is 0 Å². The minimum atomic E-state index is 0.324. The molecule has 128 valence electrons. The van der Waals surface area contributed by atoms with Gasteiger partial charge >= 0.3 is 0 Å². The maximum atomic E-state index is 5.86. The van der Waals surface area contributed by atoms with E-state index in [1.165, 1.54) is 0 Å². The highest BCUT2D eigenvalue weighted by Crippen LogP contribution is 2.30. The Labute approximate surface area is 143 Å². The number of benzene rings is 2. The number of methoxy groups -OCH3 is 1. The average Bonchev–Trinajstić information content (AvgIpc) is 2.61. The molecule has 2 rings (SSSR count). The molecule has 0 fully saturated rings. The number of aliphatic imine (C=N–C) groups is 1. The molecule has 1 unspecified atom stereocenters. The molecule has 0 bridgehead atoms. The number of nitrogens with two attached hydrogens (primary N) is 1. The first kappa shape index (κ1) is 17.7. The van der Waals surface area contributed by atoms with Crippen molar-refractivity contribution in [3.63, 3.8) is 0 Å². The molecule has 0 spiro atoms. The van der Waals surface area contributed by atoms with Crippen LogP contribution in [-0.2, 0) is 6.54 Å². The van der Waals surface area contributed by atoms with Crippen molar-refractivity contribution in [3.05, 3.63) is 54.1 Å². The van der Waals surface area contributed by atoms with Crippen LogP contribution in [0, 0.1) is 0 Å². The standard InChI is InChI=1S/C19H25N3O2/c1-4-14(2)22-19(20)21-13-15-9-11-16(12-10-15)24-18-8-6-5-7-17(18)23-3/h5-12,14H,4,13H2,1-3H3,(H3,20,21,22). The predicted molar refractivity (Wildman–Crippen MR) is 97.7 cm³/mol. The highest BCUT2D eigenvalue weighted by Gasteiger charge is 2.04. The fraction of sp³-hybridized carbons (Fsp3) is 0.316. The van der Waals surface area contributed by atoms with E-state index in [1.807, 2.05) is 48.5 Å². The minimum absolute atomic E-state index is 0.324. The third kappa shape index (κ3) is 5.19. The number of nitrogens with one attached hydrogen (secondary N) is 1. The molecule has 24 heavy (non-hydrogen) atoms. The Bertz CT molecular complexity index is 669. The van der Waals surface area contributed by atoms with E-state index in [-0.39, 0.29) is 0 Å². The van der Waals surface area contributed by atoms with Crippen LogP contribution in [0.1, 0.15) is 25.8 Å². The van der Waals surface area contributed by atoms with E-state index in [4.69, 9.17) is 15.2 Å². The first-order chi connectivity index (χ1) is 11.6. The fourth-order valence-electron chi connectivity index (χ4n) is 2.07. The van der Waals surface area contributed by atoms with Gasteiger partial charge in [0.05, 0.1) is 13.7 Å². The van der Waals surface area contributed by atoms with Gasteiger partial charge in [-0.25, -0.2) is 4.99 Å². The smallest absolute Gasteiger partial charge is 0.189 e. The van der Waals surface area contributed by atoms with E-state index < -0.39 is 0 Å². The Morgan fingerprint density at radius 1 is 1.12 bits per heavy atom. The number of rotatable bonds is 7. The van der Waals surface area contributed by atoms with E-state index in [0.29, 0.717) is 30.0 Å². The van der Waals surface area contributed by atoms with Crippen LogP contribution in [0.4, 0.5) is 0 Å². The van der Waals surface area contributed by atoms with Crippen LogP contribution in [-0.4, -0.2) is 19.1 Å². The zero-order chi connectivity index (χ0) is 17.4. The van der Waals surface area contributed by atoms with Crippen LogP contribution in [0.3, 0.4) is 0 Å². The SMILES string of the molecule is CCC(C)NC(N)=NCc1ccc(Oc2ccccc2OC)cc1. The van der Waals surface area contributed by atoms with Crippen LogP contribution < -0.4 is 20.5 Å². The van der Waals surface area contributed by atoms with Crippen LogP contribution in [0.25, 0.3) is 0 Å². The normalized spacial score (nSPS) is 12.5. The van der Waals surface area contributed by atoms with Gasteiger partial charge in [-0.15, -0.1) is 0 Å². The van der Waals surface area contributed by atoms with E-state index in [1.54, 1.807) is 7.11 Å². The third-order valence-corrected chi connectivity index (χ3v) is 3.66. The largest absolute Gasteiger partial charge is 0.493 e. The second kappa shape index (κ2) is 8.82. The summed E-state index contributed by atoms with van der Waals surface area (Å²) in [7, 11) is 1.63. The van der Waals surface area contributed by atoms with Crippen molar-refractivity contribution in [1.82, 2.24) is 5.32 Å². The lowest BCUT2D eigenvalue weighted by atomic mass is 10.2. The van der Waals surface area contributed by atoms with Crippen LogP contribution in [0.2, 0.25) is 0 Å². The first-order valence-corrected chi connectivity index (χ1v) is 8.08. The second-order valence-electron chi connectivity index (χ2n) is 5.55. The Morgan fingerprint density at radius 3 is 2.42 bits per heavy atom. The number of para-hydroxylation sites is 2. The third-order valence-electron chi connectivity index (χ3n) is 3.66. The molecule has 5 heteroatoms. The zero-order valence-electron chi connectivity index (χ0n) is 14.5. The molecule has 0 amide bonds. The molecule has 0 saturated heterocycles. The van der Waals surface area contributed by atoms with Crippen molar-refractivity contribution in [1.29, 1.82) is 0 Å². The van der Waals surface area contributed by atoms with Gasteiger partial charge < -0.3 is 20.5 Å². The molecular formula is C19H25N3O2. The van der Waals surface area contributed by atoms with Gasteiger partial charge in [0.1, 0.15) is 5.75 Å². The van der Waals surface area contributed by atoms with Crippen LogP contribution in [0.15, 0.2) is 53.5 Å². The number of hydrogen-bond donors (Lipinski definition) is 2. The minimum Gasteiger partial charge on any atom is -0.493 e. The molecule has 2 aromatic carbocycles. The van der Waals surface area contributed by atoms with Gasteiger partial charge in [-0.2, -0.15) is 0 Å². The maximum absolute atomic E-state index is 5.86. The molecule has 0 radical (unpaired) electrons. The Balaban J connectivity index is 1.97. The van der Waals surface area contributed by atoms with Crippen molar-refractivity contribution in [2.75, 3.05) is 7.11 Å². The molecule has 5 nitrogen and oxygen atoms in total. The van der Waals surface area contributed by atoms with Crippen molar-refractivity contribution < 1.29 is 9.47 Å². The molecule has 0 aliphatic heterocycles. The van der Waals surface area contributed by atoms with Gasteiger partial charge in [0, 0.05) is 6.04 Å². The monoisotopic (exact) mass is 327 g/mol. The van der Waals surface area contributed by atoms with E-state index in [2.05, 4.69) is 24.2 Å². The maximum Gasteiger partial charge on any atom is 0.189 e. The molecular weight excluding hydrogens is 302 g/mol. The summed E-state index contributed by atoms with van der Waals surface area (Å²) in [5, 5.41) is 3.15. The van der Waals surface area contributed by atoms with Crippen LogP contribution in [0.5, 0.6) is 17.2 Å². The number of guanidine groups is 1. The fourth-order valence-corrected chi connectivity index (χ4v) is 2.07. The summed E-state index contributed by atoms with van der Waals surface area (Å²) in [5.74, 6) is 2.61. The van der Waals surface area contributed by atoms with E-state index in [9.17, 15) is 0 Å². The molecule has 0 aromatic heterocycles. The summed E-state index contributed by atoms with van der Waals surface area (Å²) < 4.78 is 11.1. The van der Waals surface area contributed by atoms with E-state index in [0.717, 1.165) is 17.7 Å². The quantitative estimate of drug-likeness (QED) is 0.601. The molecule has 2 aromatic rings. The highest BCUT2D eigenvalue weighted by molar-refractivity contribution is 5.78. The summed E-state index contributed by atoms with van der Waals surface area (Å²) >= 11 is 0. The van der Waals surface area contributed by atoms with Crippen molar-refractivity contribution in [2.24, 2.45) is 10.7 Å². The lowest BCUT2D eigenvalue weighted by molar-refractivity contribution is 0.379. The van der Waals surface area contributed by atoms with Gasteiger partial charge in [-0.3, -0.25) is 0 Å². The second-order valence-corrected chi connectivity index (χ2v) is 5.55. The lowest BCUT2D eigenvalue weighted by Gasteiger charge is -2.12. The summed E-state index contributed by atoms with van der Waals surface area (Å²) in [6.07, 6.45) is 1.01. The molecule has 0 heterocycles. The van der Waals surface area contributed by atoms with Crippen molar-refractivity contribution in [2.45, 2.75) is 32.9 Å². The van der Waals surface area contributed by atoms with Gasteiger partial charge in [-0.05, 0) is 43.2 Å². The molecule has 3 N–H and O–H groups in total. The zero-order valence-corrected chi connectivity index (χ0v) is 14.5. The van der Waals surface area contributed by atoms with Gasteiger partial charge in [-0.1, -0.05) is 31.2 Å². The van der Waals surface area contributed by atoms with Gasteiger partial charge in [0.25, 0.3) is 0 Å². The summed E-state index contributed by atoms with van der Waals surface area (Å²) in [5.41, 5.74) is 6.93. The highest BCUT2D eigenvalue weighted by atomic mass is 16.5. The molecule has 0 aliphatic rings. The summed E-state index contributed by atoms with van der Waals surface area (Å²) in [4.78, 5) is 4.35. The number of hydrogen-bond acceptors (Lipinski definition) is 3. The van der Waals surface area contributed by atoms with Crippen molar-refractivity contribution >= 4 is 5.96 Å². The number of ether oxygens (including phenoxy) is 2. The van der Waals surface area contributed by atoms with Gasteiger partial charge in [0.15, 0.2) is 17.5 Å². The Hall–Kier alpha value is -2.69. The summed E-state index contributed by atoms with van der Waals surface area (Å²) in [6, 6.07) is 15.7. The molecule has 1 atom stereocenters. The predicted octanol–water partition coefficient (Wildman–Crippen LogP) is 3.69. The lowest BCUT2D eigenvalue weighted by Crippen LogP contribution is -2.38. The summed E-state index contributed by atoms with van der Waals surface area (Å²) in [6.45, 7) is 4.71. The van der Waals surface area contributed by atoms with Crippen molar-refractivity contribution in [3.8, 4) is 17.2 Å². The Morgan fingerprint density at radius 2 is 1.79 bits per heavy atom.